The minimum absolute atomic E-state index is 0.230. The molecule has 0 amide bonds. The first-order valence-corrected chi connectivity index (χ1v) is 7.42. The zero-order chi connectivity index (χ0) is 15.5. The maximum Gasteiger partial charge on any atom is 0.241 e. The lowest BCUT2D eigenvalue weighted by molar-refractivity contribution is -0.308. The van der Waals surface area contributed by atoms with Crippen molar-refractivity contribution in [2.24, 2.45) is 0 Å². The van der Waals surface area contributed by atoms with E-state index >= 15 is 0 Å². The number of rotatable bonds is 5. The van der Waals surface area contributed by atoms with Crippen LogP contribution in [0.15, 0.2) is 59.5 Å². The molecule has 2 aromatic rings. The Kier molecular flexibility index (Phi) is 4.35. The number of nitrogens with one attached hydrogen (secondary N) is 1. The smallest absolute Gasteiger partial charge is 0.241 e. The van der Waals surface area contributed by atoms with Crippen LogP contribution in [0.3, 0.4) is 0 Å². The van der Waals surface area contributed by atoms with Crippen molar-refractivity contribution in [1.29, 1.82) is 0 Å². The molecule has 0 radical (unpaired) electrons. The molecule has 0 bridgehead atoms. The van der Waals surface area contributed by atoms with Gasteiger partial charge in [-0.2, -0.15) is 4.72 Å². The number of hydrogen-bond donors (Lipinski definition) is 1. The normalized spacial score (nSPS) is 12.8. The van der Waals surface area contributed by atoms with Crippen LogP contribution in [0, 0.1) is 5.82 Å². The van der Waals surface area contributed by atoms with E-state index in [4.69, 9.17) is 0 Å². The summed E-state index contributed by atoms with van der Waals surface area (Å²) in [5, 5.41) is 11.2. The number of carboxylic acid groups (broad SMARTS) is 1. The highest BCUT2D eigenvalue weighted by Gasteiger charge is 2.22. The number of hydrogen-bond acceptors (Lipinski definition) is 4. The van der Waals surface area contributed by atoms with Crippen LogP contribution < -0.4 is 9.83 Å². The molecular weight excluding hydrogens is 297 g/mol. The number of carboxylic acids is 1. The van der Waals surface area contributed by atoms with Crippen molar-refractivity contribution in [2.45, 2.75) is 10.9 Å². The van der Waals surface area contributed by atoms with Gasteiger partial charge in [0.1, 0.15) is 5.82 Å². The number of sulfonamides is 1. The molecule has 0 saturated heterocycles. The van der Waals surface area contributed by atoms with Crippen molar-refractivity contribution in [3.05, 3.63) is 66.0 Å². The fraction of sp³-hybridized carbons (Fsp3) is 0.0714. The van der Waals surface area contributed by atoms with Crippen molar-refractivity contribution < 1.29 is 22.7 Å². The zero-order valence-electron chi connectivity index (χ0n) is 10.7. The summed E-state index contributed by atoms with van der Waals surface area (Å²) >= 11 is 0. The minimum Gasteiger partial charge on any atom is -0.548 e. The molecule has 0 aliphatic rings. The number of carbonyl (C=O) groups excluding carboxylic acids is 1. The van der Waals surface area contributed by atoms with Gasteiger partial charge in [0.05, 0.1) is 16.9 Å². The third-order valence-corrected chi connectivity index (χ3v) is 4.20. The fourth-order valence-electron chi connectivity index (χ4n) is 1.73. The molecule has 1 N–H and O–H groups in total. The molecule has 5 nitrogen and oxygen atoms in total. The second-order valence-corrected chi connectivity index (χ2v) is 5.95. The molecule has 2 rings (SSSR count). The number of aliphatic carboxylic acids is 1. The Labute approximate surface area is 121 Å². The van der Waals surface area contributed by atoms with E-state index < -0.39 is 27.9 Å². The number of carbonyl (C=O) groups is 1. The summed E-state index contributed by atoms with van der Waals surface area (Å²) < 4.78 is 39.1. The SMILES string of the molecule is O=C([O-])[C@@H](NS(=O)(=O)c1ccc(F)cc1)c1ccccc1. The summed E-state index contributed by atoms with van der Waals surface area (Å²) in [6, 6.07) is 10.3. The number of halogens is 1. The third-order valence-electron chi connectivity index (χ3n) is 2.77. The molecule has 0 spiro atoms. The number of benzene rings is 2. The summed E-state index contributed by atoms with van der Waals surface area (Å²) in [4.78, 5) is 10.9. The first-order chi connectivity index (χ1) is 9.90. The third kappa shape index (κ3) is 3.65. The van der Waals surface area contributed by atoms with Crippen molar-refractivity contribution >= 4 is 16.0 Å². The summed E-state index contributed by atoms with van der Waals surface area (Å²) in [7, 11) is -4.11. The summed E-state index contributed by atoms with van der Waals surface area (Å²) in [6.07, 6.45) is 0. The average Bonchev–Trinajstić information content (AvgIpc) is 2.46. The van der Waals surface area contributed by atoms with E-state index in [0.717, 1.165) is 24.3 Å². The summed E-state index contributed by atoms with van der Waals surface area (Å²) in [5.74, 6) is -2.17. The van der Waals surface area contributed by atoms with Crippen molar-refractivity contribution in [3.8, 4) is 0 Å². The molecule has 0 aliphatic heterocycles. The fourth-order valence-corrected chi connectivity index (χ4v) is 2.91. The zero-order valence-corrected chi connectivity index (χ0v) is 11.5. The van der Waals surface area contributed by atoms with Gasteiger partial charge in [0.2, 0.25) is 10.0 Å². The molecule has 0 unspecified atom stereocenters. The Bertz CT molecular complexity index is 729. The van der Waals surface area contributed by atoms with Crippen molar-refractivity contribution in [1.82, 2.24) is 4.72 Å². The summed E-state index contributed by atoms with van der Waals surface area (Å²) in [5.41, 5.74) is 0.239. The van der Waals surface area contributed by atoms with E-state index in [0.29, 0.717) is 0 Å². The molecule has 110 valence electrons. The van der Waals surface area contributed by atoms with Gasteiger partial charge in [-0.1, -0.05) is 30.3 Å². The monoisotopic (exact) mass is 308 g/mol. The molecule has 1 atom stereocenters. The van der Waals surface area contributed by atoms with E-state index in [1.54, 1.807) is 18.2 Å². The first-order valence-electron chi connectivity index (χ1n) is 5.94. The van der Waals surface area contributed by atoms with Gasteiger partial charge < -0.3 is 9.90 Å². The van der Waals surface area contributed by atoms with Crippen molar-refractivity contribution in [3.63, 3.8) is 0 Å². The van der Waals surface area contributed by atoms with Crippen LogP contribution in [0.25, 0.3) is 0 Å². The minimum atomic E-state index is -4.11. The van der Waals surface area contributed by atoms with Crippen LogP contribution in [0.1, 0.15) is 11.6 Å². The molecule has 0 aliphatic carbocycles. The maximum absolute atomic E-state index is 12.8. The van der Waals surface area contributed by atoms with Crippen LogP contribution in [0.2, 0.25) is 0 Å². The van der Waals surface area contributed by atoms with E-state index in [1.807, 2.05) is 4.72 Å². The van der Waals surface area contributed by atoms with Gasteiger partial charge >= 0.3 is 0 Å². The van der Waals surface area contributed by atoms with Gasteiger partial charge in [-0.15, -0.1) is 0 Å². The first kappa shape index (κ1) is 15.1. The highest BCUT2D eigenvalue weighted by molar-refractivity contribution is 7.89. The van der Waals surface area contributed by atoms with E-state index in [2.05, 4.69) is 0 Å². The molecule has 2 aromatic carbocycles. The lowest BCUT2D eigenvalue weighted by Crippen LogP contribution is -2.41. The van der Waals surface area contributed by atoms with Gasteiger partial charge in [0, 0.05) is 0 Å². The Morgan fingerprint density at radius 3 is 2.14 bits per heavy atom. The molecule has 21 heavy (non-hydrogen) atoms. The average molecular weight is 308 g/mol. The van der Waals surface area contributed by atoms with E-state index in [-0.39, 0.29) is 10.5 Å². The van der Waals surface area contributed by atoms with Gasteiger partial charge in [0.25, 0.3) is 0 Å². The largest absolute Gasteiger partial charge is 0.548 e. The van der Waals surface area contributed by atoms with Crippen LogP contribution in [0.4, 0.5) is 4.39 Å². The van der Waals surface area contributed by atoms with Crippen LogP contribution in [-0.4, -0.2) is 14.4 Å². The molecule has 0 aromatic heterocycles. The Morgan fingerprint density at radius 2 is 1.62 bits per heavy atom. The predicted octanol–water partition coefficient (Wildman–Crippen LogP) is 0.595. The van der Waals surface area contributed by atoms with Crippen LogP contribution in [0.5, 0.6) is 0 Å². The van der Waals surface area contributed by atoms with Crippen LogP contribution in [-0.2, 0) is 14.8 Å². The summed E-state index contributed by atoms with van der Waals surface area (Å²) in [6.45, 7) is 0. The van der Waals surface area contributed by atoms with Gasteiger partial charge in [-0.25, -0.2) is 12.8 Å². The van der Waals surface area contributed by atoms with Gasteiger partial charge in [0.15, 0.2) is 0 Å². The molecule has 0 saturated carbocycles. The maximum atomic E-state index is 12.8. The molecule has 0 heterocycles. The second kappa shape index (κ2) is 6.02. The van der Waals surface area contributed by atoms with E-state index in [9.17, 15) is 22.7 Å². The molecule has 7 heteroatoms. The molecule has 0 fully saturated rings. The Hall–Kier alpha value is -2.25. The van der Waals surface area contributed by atoms with Gasteiger partial charge in [-0.05, 0) is 29.8 Å². The highest BCUT2D eigenvalue weighted by Crippen LogP contribution is 2.17. The second-order valence-electron chi connectivity index (χ2n) is 4.24. The predicted molar refractivity (Wildman–Crippen MR) is 70.9 cm³/mol. The lowest BCUT2D eigenvalue weighted by atomic mass is 10.1. The van der Waals surface area contributed by atoms with E-state index in [1.165, 1.54) is 12.1 Å². The van der Waals surface area contributed by atoms with Gasteiger partial charge in [-0.3, -0.25) is 0 Å². The Morgan fingerprint density at radius 1 is 1.05 bits per heavy atom. The standard InChI is InChI=1S/C14H12FNO4S/c15-11-6-8-12(9-7-11)21(19,20)16-13(14(17)18)10-4-2-1-3-5-10/h1-9,13,16H,(H,17,18)/p-1/t13-/m0/s1. The van der Waals surface area contributed by atoms with Crippen LogP contribution >= 0.6 is 0 Å². The topological polar surface area (TPSA) is 86.3 Å². The Balaban J connectivity index is 2.32. The highest BCUT2D eigenvalue weighted by atomic mass is 32.2. The molecular formula is C14H11FNO4S-. The van der Waals surface area contributed by atoms with Crippen molar-refractivity contribution in [2.75, 3.05) is 0 Å². The lowest BCUT2D eigenvalue weighted by Gasteiger charge is -2.20. The quantitative estimate of drug-likeness (QED) is 0.876.